The summed E-state index contributed by atoms with van der Waals surface area (Å²) < 4.78 is 1.10. The number of halogens is 1. The first-order chi connectivity index (χ1) is 12.1. The molecule has 2 aromatic carbocycles. The minimum atomic E-state index is 0.646. The van der Waals surface area contributed by atoms with Gasteiger partial charge in [-0.05, 0) is 49.6 Å². The number of nitrogens with zero attached hydrogens (tertiary/aromatic N) is 2. The van der Waals surface area contributed by atoms with E-state index < -0.39 is 0 Å². The van der Waals surface area contributed by atoms with Crippen LogP contribution in [0.5, 0.6) is 0 Å². The van der Waals surface area contributed by atoms with Crippen molar-refractivity contribution in [2.75, 3.05) is 17.2 Å². The summed E-state index contributed by atoms with van der Waals surface area (Å²) in [6.07, 6.45) is 0.937. The van der Waals surface area contributed by atoms with Gasteiger partial charge in [-0.3, -0.25) is 0 Å². The molecule has 0 fully saturated rings. The van der Waals surface area contributed by atoms with Crippen LogP contribution in [0, 0.1) is 13.8 Å². The van der Waals surface area contributed by atoms with Crippen LogP contribution in [0.1, 0.15) is 16.8 Å². The lowest BCUT2D eigenvalue weighted by atomic mass is 10.1. The maximum Gasteiger partial charge on any atom is 0.224 e. The highest BCUT2D eigenvalue weighted by Gasteiger charge is 2.04. The minimum Gasteiger partial charge on any atom is -0.354 e. The van der Waals surface area contributed by atoms with E-state index in [1.165, 1.54) is 11.1 Å². The largest absolute Gasteiger partial charge is 0.354 e. The zero-order valence-corrected chi connectivity index (χ0v) is 16.0. The monoisotopic (exact) mass is 396 g/mol. The van der Waals surface area contributed by atoms with Crippen LogP contribution in [-0.2, 0) is 6.42 Å². The predicted octanol–water partition coefficient (Wildman–Crippen LogP) is 5.25. The first-order valence-electron chi connectivity index (χ1n) is 8.27. The molecule has 3 rings (SSSR count). The Morgan fingerprint density at radius 1 is 0.960 bits per heavy atom. The van der Waals surface area contributed by atoms with E-state index in [0.717, 1.165) is 34.6 Å². The SMILES string of the molecule is Cc1cc(Nc2ccc(Br)c(C)c2)nc(NCCc2ccccc2)n1. The van der Waals surface area contributed by atoms with Gasteiger partial charge in [-0.25, -0.2) is 4.98 Å². The molecule has 0 aliphatic rings. The van der Waals surface area contributed by atoms with E-state index in [1.54, 1.807) is 0 Å². The molecule has 128 valence electrons. The molecule has 3 aromatic rings. The fraction of sp³-hybridized carbons (Fsp3) is 0.200. The number of anilines is 3. The highest BCUT2D eigenvalue weighted by Crippen LogP contribution is 2.23. The van der Waals surface area contributed by atoms with Gasteiger partial charge in [0, 0.05) is 28.5 Å². The molecular formula is C20H21BrN4. The standard InChI is InChI=1S/C20H21BrN4/c1-14-12-17(8-9-18(14)21)24-19-13-15(2)23-20(25-19)22-11-10-16-6-4-3-5-7-16/h3-9,12-13H,10-11H2,1-2H3,(H2,22,23,24,25). The Labute approximate surface area is 156 Å². The Morgan fingerprint density at radius 3 is 2.52 bits per heavy atom. The number of hydrogen-bond donors (Lipinski definition) is 2. The molecule has 1 heterocycles. The van der Waals surface area contributed by atoms with Crippen LogP contribution in [-0.4, -0.2) is 16.5 Å². The summed E-state index contributed by atoms with van der Waals surface area (Å²) in [5.41, 5.74) is 4.41. The van der Waals surface area contributed by atoms with Crippen molar-refractivity contribution in [3.05, 3.63) is 75.9 Å². The maximum atomic E-state index is 4.57. The summed E-state index contributed by atoms with van der Waals surface area (Å²) in [6, 6.07) is 18.5. The molecule has 5 heteroatoms. The molecule has 0 saturated heterocycles. The van der Waals surface area contributed by atoms with Crippen LogP contribution in [0.15, 0.2) is 59.1 Å². The van der Waals surface area contributed by atoms with Crippen LogP contribution >= 0.6 is 15.9 Å². The number of nitrogens with one attached hydrogen (secondary N) is 2. The quantitative estimate of drug-likeness (QED) is 0.596. The molecule has 25 heavy (non-hydrogen) atoms. The predicted molar refractivity (Wildman–Crippen MR) is 108 cm³/mol. The molecule has 0 aliphatic heterocycles. The van der Waals surface area contributed by atoms with Crippen molar-refractivity contribution in [3.8, 4) is 0 Å². The minimum absolute atomic E-state index is 0.646. The molecule has 1 aromatic heterocycles. The average molecular weight is 397 g/mol. The molecule has 0 radical (unpaired) electrons. The van der Waals surface area contributed by atoms with E-state index in [1.807, 2.05) is 31.2 Å². The Bertz CT molecular complexity index is 850. The zero-order chi connectivity index (χ0) is 17.6. The molecule has 0 spiro atoms. The third-order valence-electron chi connectivity index (χ3n) is 3.82. The molecule has 0 unspecified atom stereocenters. The Morgan fingerprint density at radius 2 is 1.76 bits per heavy atom. The highest BCUT2D eigenvalue weighted by molar-refractivity contribution is 9.10. The number of benzene rings is 2. The lowest BCUT2D eigenvalue weighted by Crippen LogP contribution is -2.09. The van der Waals surface area contributed by atoms with Gasteiger partial charge in [-0.1, -0.05) is 46.3 Å². The Kier molecular flexibility index (Phi) is 5.66. The number of aryl methyl sites for hydroxylation is 2. The van der Waals surface area contributed by atoms with E-state index >= 15 is 0 Å². The summed E-state index contributed by atoms with van der Waals surface area (Å²) >= 11 is 3.52. The molecule has 0 saturated carbocycles. The fourth-order valence-electron chi connectivity index (χ4n) is 2.55. The third-order valence-corrected chi connectivity index (χ3v) is 4.71. The van der Waals surface area contributed by atoms with E-state index in [9.17, 15) is 0 Å². The van der Waals surface area contributed by atoms with Gasteiger partial charge in [0.2, 0.25) is 5.95 Å². The maximum absolute atomic E-state index is 4.57. The van der Waals surface area contributed by atoms with E-state index in [-0.39, 0.29) is 0 Å². The molecule has 2 N–H and O–H groups in total. The van der Waals surface area contributed by atoms with Gasteiger partial charge in [0.25, 0.3) is 0 Å². The summed E-state index contributed by atoms with van der Waals surface area (Å²) in [4.78, 5) is 9.04. The van der Waals surface area contributed by atoms with E-state index in [4.69, 9.17) is 0 Å². The van der Waals surface area contributed by atoms with Crippen LogP contribution < -0.4 is 10.6 Å². The van der Waals surface area contributed by atoms with Crippen molar-refractivity contribution >= 4 is 33.4 Å². The lowest BCUT2D eigenvalue weighted by Gasteiger charge is -2.11. The second-order valence-electron chi connectivity index (χ2n) is 5.97. The Hall–Kier alpha value is -2.40. The number of rotatable bonds is 6. The van der Waals surface area contributed by atoms with E-state index in [0.29, 0.717) is 5.95 Å². The summed E-state index contributed by atoms with van der Waals surface area (Å²) in [5.74, 6) is 1.43. The van der Waals surface area contributed by atoms with Gasteiger partial charge in [0.05, 0.1) is 0 Å². The normalized spacial score (nSPS) is 10.5. The smallest absolute Gasteiger partial charge is 0.224 e. The van der Waals surface area contributed by atoms with Gasteiger partial charge >= 0.3 is 0 Å². The third kappa shape index (κ3) is 5.03. The van der Waals surface area contributed by atoms with Crippen molar-refractivity contribution in [1.29, 1.82) is 0 Å². The number of hydrogen-bond acceptors (Lipinski definition) is 4. The number of aromatic nitrogens is 2. The van der Waals surface area contributed by atoms with Crippen molar-refractivity contribution in [2.24, 2.45) is 0 Å². The van der Waals surface area contributed by atoms with Gasteiger partial charge in [-0.15, -0.1) is 0 Å². The molecule has 0 aliphatic carbocycles. The first-order valence-corrected chi connectivity index (χ1v) is 9.06. The van der Waals surface area contributed by atoms with Gasteiger partial charge < -0.3 is 10.6 Å². The van der Waals surface area contributed by atoms with Crippen LogP contribution in [0.3, 0.4) is 0 Å². The molecule has 0 atom stereocenters. The molecule has 4 nitrogen and oxygen atoms in total. The topological polar surface area (TPSA) is 49.8 Å². The van der Waals surface area contributed by atoms with Crippen LogP contribution in [0.25, 0.3) is 0 Å². The Balaban J connectivity index is 1.66. The highest BCUT2D eigenvalue weighted by atomic mass is 79.9. The lowest BCUT2D eigenvalue weighted by molar-refractivity contribution is 0.976. The van der Waals surface area contributed by atoms with Crippen molar-refractivity contribution in [2.45, 2.75) is 20.3 Å². The van der Waals surface area contributed by atoms with Crippen molar-refractivity contribution in [1.82, 2.24) is 9.97 Å². The van der Waals surface area contributed by atoms with Gasteiger partial charge in [0.1, 0.15) is 5.82 Å². The second-order valence-corrected chi connectivity index (χ2v) is 6.82. The average Bonchev–Trinajstić information content (AvgIpc) is 2.59. The van der Waals surface area contributed by atoms with E-state index in [2.05, 4.69) is 73.8 Å². The molecule has 0 amide bonds. The molecule has 0 bridgehead atoms. The molecular weight excluding hydrogens is 376 g/mol. The first kappa shape index (κ1) is 17.4. The van der Waals surface area contributed by atoms with Gasteiger partial charge in [0.15, 0.2) is 0 Å². The zero-order valence-electron chi connectivity index (χ0n) is 14.4. The van der Waals surface area contributed by atoms with Crippen molar-refractivity contribution in [3.63, 3.8) is 0 Å². The fourth-order valence-corrected chi connectivity index (χ4v) is 2.79. The van der Waals surface area contributed by atoms with Gasteiger partial charge in [-0.2, -0.15) is 4.98 Å². The second kappa shape index (κ2) is 8.12. The van der Waals surface area contributed by atoms with Crippen LogP contribution in [0.2, 0.25) is 0 Å². The summed E-state index contributed by atoms with van der Waals surface area (Å²) in [6.45, 7) is 4.84. The van der Waals surface area contributed by atoms with Crippen LogP contribution in [0.4, 0.5) is 17.5 Å². The van der Waals surface area contributed by atoms with Crippen molar-refractivity contribution < 1.29 is 0 Å². The summed E-state index contributed by atoms with van der Waals surface area (Å²) in [5, 5.41) is 6.66. The summed E-state index contributed by atoms with van der Waals surface area (Å²) in [7, 11) is 0.